The zero-order chi connectivity index (χ0) is 13.8. The predicted octanol–water partition coefficient (Wildman–Crippen LogP) is 4.03. The second-order valence-corrected chi connectivity index (χ2v) is 4.49. The summed E-state index contributed by atoms with van der Waals surface area (Å²) in [4.78, 5) is 0. The molecule has 0 aliphatic rings. The molecule has 0 aliphatic heterocycles. The van der Waals surface area contributed by atoms with E-state index in [2.05, 4.69) is 0 Å². The Kier molecular flexibility index (Phi) is 4.05. The van der Waals surface area contributed by atoms with Gasteiger partial charge in [0.15, 0.2) is 11.6 Å². The van der Waals surface area contributed by atoms with Gasteiger partial charge in [0, 0.05) is 5.56 Å². The van der Waals surface area contributed by atoms with E-state index in [4.69, 9.17) is 9.47 Å². The molecule has 0 radical (unpaired) electrons. The summed E-state index contributed by atoms with van der Waals surface area (Å²) < 4.78 is 24.5. The normalized spacial score (nSPS) is 10.3. The van der Waals surface area contributed by atoms with Crippen LogP contribution in [0, 0.1) is 19.7 Å². The molecule has 0 saturated carbocycles. The zero-order valence-corrected chi connectivity index (χ0v) is 11.4. The van der Waals surface area contributed by atoms with Crippen molar-refractivity contribution >= 4 is 0 Å². The molecule has 0 N–H and O–H groups in total. The first-order valence-corrected chi connectivity index (χ1v) is 6.13. The number of benzene rings is 2. The van der Waals surface area contributed by atoms with Crippen molar-refractivity contribution in [2.75, 3.05) is 7.11 Å². The van der Waals surface area contributed by atoms with E-state index in [1.54, 1.807) is 18.2 Å². The topological polar surface area (TPSA) is 18.5 Å². The molecular formula is C16H17FO2. The molecule has 0 heterocycles. The first kappa shape index (κ1) is 13.4. The summed E-state index contributed by atoms with van der Waals surface area (Å²) in [5, 5.41) is 0. The fourth-order valence-corrected chi connectivity index (χ4v) is 1.94. The van der Waals surface area contributed by atoms with Crippen molar-refractivity contribution in [1.29, 1.82) is 0 Å². The average molecular weight is 260 g/mol. The van der Waals surface area contributed by atoms with Crippen molar-refractivity contribution in [1.82, 2.24) is 0 Å². The summed E-state index contributed by atoms with van der Waals surface area (Å²) in [5.74, 6) is 0.643. The highest BCUT2D eigenvalue weighted by atomic mass is 19.1. The molecule has 0 saturated heterocycles. The monoisotopic (exact) mass is 260 g/mol. The maximum atomic E-state index is 13.9. The molecule has 100 valence electrons. The third kappa shape index (κ3) is 3.05. The fourth-order valence-electron chi connectivity index (χ4n) is 1.94. The second-order valence-electron chi connectivity index (χ2n) is 4.49. The molecule has 0 bridgehead atoms. The van der Waals surface area contributed by atoms with Crippen LogP contribution in [0.2, 0.25) is 0 Å². The highest BCUT2D eigenvalue weighted by Gasteiger charge is 2.09. The average Bonchev–Trinajstić information content (AvgIpc) is 2.39. The minimum absolute atomic E-state index is 0.187. The molecule has 0 amide bonds. The van der Waals surface area contributed by atoms with Crippen LogP contribution in [0.5, 0.6) is 11.5 Å². The van der Waals surface area contributed by atoms with Gasteiger partial charge in [-0.25, -0.2) is 4.39 Å². The van der Waals surface area contributed by atoms with Crippen LogP contribution >= 0.6 is 0 Å². The molecule has 0 spiro atoms. The van der Waals surface area contributed by atoms with Crippen LogP contribution in [0.1, 0.15) is 16.7 Å². The molecule has 0 atom stereocenters. The van der Waals surface area contributed by atoms with Gasteiger partial charge in [-0.1, -0.05) is 29.8 Å². The SMILES string of the molecule is COc1cccc(COc2ccc(C)cc2C)c1F. The Balaban J connectivity index is 2.14. The number of rotatable bonds is 4. The second kappa shape index (κ2) is 5.74. The van der Waals surface area contributed by atoms with Gasteiger partial charge < -0.3 is 9.47 Å². The van der Waals surface area contributed by atoms with Crippen molar-refractivity contribution in [3.05, 3.63) is 58.9 Å². The van der Waals surface area contributed by atoms with Gasteiger partial charge in [-0.05, 0) is 31.5 Å². The lowest BCUT2D eigenvalue weighted by Gasteiger charge is -2.11. The van der Waals surface area contributed by atoms with Crippen LogP contribution in [0.3, 0.4) is 0 Å². The highest BCUT2D eigenvalue weighted by molar-refractivity contribution is 5.36. The minimum atomic E-state index is -0.366. The molecule has 2 aromatic carbocycles. The Morgan fingerprint density at radius 2 is 1.84 bits per heavy atom. The lowest BCUT2D eigenvalue weighted by Crippen LogP contribution is -2.01. The van der Waals surface area contributed by atoms with Crippen LogP contribution in [-0.4, -0.2) is 7.11 Å². The molecule has 2 aromatic rings. The predicted molar refractivity (Wildman–Crippen MR) is 73.2 cm³/mol. The van der Waals surface area contributed by atoms with Gasteiger partial charge in [0.1, 0.15) is 12.4 Å². The lowest BCUT2D eigenvalue weighted by atomic mass is 10.1. The van der Waals surface area contributed by atoms with E-state index in [0.717, 1.165) is 11.3 Å². The van der Waals surface area contributed by atoms with Crippen LogP contribution in [0.15, 0.2) is 36.4 Å². The largest absolute Gasteiger partial charge is 0.494 e. The van der Waals surface area contributed by atoms with Gasteiger partial charge in [-0.2, -0.15) is 0 Å². The summed E-state index contributed by atoms with van der Waals surface area (Å²) in [6.45, 7) is 4.19. The van der Waals surface area contributed by atoms with Crippen LogP contribution in [0.25, 0.3) is 0 Å². The van der Waals surface area contributed by atoms with Crippen molar-refractivity contribution < 1.29 is 13.9 Å². The Morgan fingerprint density at radius 3 is 2.53 bits per heavy atom. The summed E-state index contributed by atoms with van der Waals surface area (Å²) in [5.41, 5.74) is 2.71. The molecule has 19 heavy (non-hydrogen) atoms. The Bertz CT molecular complexity index is 579. The van der Waals surface area contributed by atoms with E-state index >= 15 is 0 Å². The van der Waals surface area contributed by atoms with Crippen molar-refractivity contribution in [3.63, 3.8) is 0 Å². The molecule has 0 aromatic heterocycles. The standard InChI is InChI=1S/C16H17FO2/c1-11-7-8-14(12(2)9-11)19-10-13-5-4-6-15(18-3)16(13)17/h4-9H,10H2,1-3H3. The summed E-state index contributed by atoms with van der Waals surface area (Å²) in [6.07, 6.45) is 0. The van der Waals surface area contributed by atoms with Crippen LogP contribution in [-0.2, 0) is 6.61 Å². The minimum Gasteiger partial charge on any atom is -0.494 e. The van der Waals surface area contributed by atoms with E-state index in [1.165, 1.54) is 12.7 Å². The lowest BCUT2D eigenvalue weighted by molar-refractivity contribution is 0.294. The number of ether oxygens (including phenoxy) is 2. The number of methoxy groups -OCH3 is 1. The van der Waals surface area contributed by atoms with Crippen molar-refractivity contribution in [3.8, 4) is 11.5 Å². The highest BCUT2D eigenvalue weighted by Crippen LogP contribution is 2.23. The van der Waals surface area contributed by atoms with Crippen LogP contribution in [0.4, 0.5) is 4.39 Å². The maximum Gasteiger partial charge on any atom is 0.171 e. The maximum absolute atomic E-state index is 13.9. The summed E-state index contributed by atoms with van der Waals surface area (Å²) >= 11 is 0. The molecule has 2 rings (SSSR count). The fraction of sp³-hybridized carbons (Fsp3) is 0.250. The smallest absolute Gasteiger partial charge is 0.171 e. The Hall–Kier alpha value is -2.03. The zero-order valence-electron chi connectivity index (χ0n) is 11.4. The van der Waals surface area contributed by atoms with E-state index in [-0.39, 0.29) is 18.2 Å². The molecule has 0 fully saturated rings. The third-order valence-corrected chi connectivity index (χ3v) is 2.98. The Morgan fingerprint density at radius 1 is 1.05 bits per heavy atom. The molecule has 3 heteroatoms. The molecule has 2 nitrogen and oxygen atoms in total. The quantitative estimate of drug-likeness (QED) is 0.826. The number of aryl methyl sites for hydroxylation is 2. The van der Waals surface area contributed by atoms with E-state index in [9.17, 15) is 4.39 Å². The first-order chi connectivity index (χ1) is 9.11. The van der Waals surface area contributed by atoms with Crippen LogP contribution < -0.4 is 9.47 Å². The van der Waals surface area contributed by atoms with E-state index in [0.29, 0.717) is 5.56 Å². The number of hydrogen-bond acceptors (Lipinski definition) is 2. The van der Waals surface area contributed by atoms with Crippen molar-refractivity contribution in [2.24, 2.45) is 0 Å². The van der Waals surface area contributed by atoms with Gasteiger partial charge in [-0.3, -0.25) is 0 Å². The molecule has 0 unspecified atom stereocenters. The Labute approximate surface area is 112 Å². The third-order valence-electron chi connectivity index (χ3n) is 2.98. The van der Waals surface area contributed by atoms with E-state index < -0.39 is 0 Å². The summed E-state index contributed by atoms with van der Waals surface area (Å²) in [7, 11) is 1.45. The summed E-state index contributed by atoms with van der Waals surface area (Å²) in [6, 6.07) is 11.0. The van der Waals surface area contributed by atoms with Gasteiger partial charge >= 0.3 is 0 Å². The van der Waals surface area contributed by atoms with Gasteiger partial charge in [0.25, 0.3) is 0 Å². The molecular weight excluding hydrogens is 243 g/mol. The van der Waals surface area contributed by atoms with Crippen molar-refractivity contribution in [2.45, 2.75) is 20.5 Å². The molecule has 0 aliphatic carbocycles. The first-order valence-electron chi connectivity index (χ1n) is 6.13. The van der Waals surface area contributed by atoms with Gasteiger partial charge in [-0.15, -0.1) is 0 Å². The number of hydrogen-bond donors (Lipinski definition) is 0. The number of halogens is 1. The van der Waals surface area contributed by atoms with Gasteiger partial charge in [0.05, 0.1) is 7.11 Å². The van der Waals surface area contributed by atoms with Gasteiger partial charge in [0.2, 0.25) is 0 Å². The van der Waals surface area contributed by atoms with E-state index in [1.807, 2.05) is 32.0 Å².